The fraction of sp³-hybridized carbons (Fsp3) is 0.970. The van der Waals surface area contributed by atoms with E-state index in [1.165, 1.54) is 357 Å². The second kappa shape index (κ2) is 52.3. The maximum atomic E-state index is 10.9. The van der Waals surface area contributed by atoms with Crippen LogP contribution in [0.2, 0.25) is 0 Å². The van der Waals surface area contributed by atoms with Gasteiger partial charge in [-0.1, -0.05) is 26.7 Å². The Morgan fingerprint density at radius 2 is 0.271 bits per heavy atom. The minimum atomic E-state index is -2.26. The monoisotopic (exact) mass is 1020 g/mol. The Morgan fingerprint density at radius 3 is 0.386 bits per heavy atom. The van der Waals surface area contributed by atoms with Crippen LogP contribution in [0.3, 0.4) is 0 Å². The van der Waals surface area contributed by atoms with Gasteiger partial charge in [0.15, 0.2) is 0 Å². The molecule has 0 unspecified atom stereocenters. The molecule has 420 valence electrons. The Kier molecular flexibility index (Phi) is 53.7. The van der Waals surface area contributed by atoms with E-state index in [9.17, 15) is 10.5 Å². The fourth-order valence-corrected chi connectivity index (χ4v) is 24.1. The van der Waals surface area contributed by atoms with E-state index in [2.05, 4.69) is 67.0 Å². The summed E-state index contributed by atoms with van der Waals surface area (Å²) in [5, 5.41) is 21.8. The first-order chi connectivity index (χ1) is 34.2. The van der Waals surface area contributed by atoms with E-state index in [4.69, 9.17) is 0 Å². The molecule has 0 aromatic rings. The van der Waals surface area contributed by atoms with Crippen LogP contribution in [0.15, 0.2) is 0 Å². The third-order valence-electron chi connectivity index (χ3n) is 17.3. The van der Waals surface area contributed by atoms with E-state index in [0.717, 1.165) is 0 Å². The number of nitrogens with zero attached hydrogens (tertiary/aromatic N) is 2. The molecule has 0 bridgehead atoms. The van der Waals surface area contributed by atoms with Crippen LogP contribution in [-0.4, -0.2) is 49.3 Å². The van der Waals surface area contributed by atoms with Crippen LogP contribution in [0, 0.1) is 22.1 Å². The molecule has 0 atom stereocenters. The van der Waals surface area contributed by atoms with Gasteiger partial charge in [0.05, 0.1) is 0 Å². The van der Waals surface area contributed by atoms with Crippen LogP contribution in [0.25, 0.3) is 0 Å². The van der Waals surface area contributed by atoms with Gasteiger partial charge in [0.25, 0.3) is 0 Å². The first-order valence-corrected chi connectivity index (χ1v) is 39.0. The van der Waals surface area contributed by atoms with Gasteiger partial charge in [0.2, 0.25) is 0 Å². The summed E-state index contributed by atoms with van der Waals surface area (Å²) in [6.07, 6.45) is 76.1. The molecule has 0 aliphatic carbocycles. The molecule has 0 N–H and O–H groups in total. The van der Waals surface area contributed by atoms with Crippen LogP contribution in [0.1, 0.15) is 364 Å². The summed E-state index contributed by atoms with van der Waals surface area (Å²) in [5.41, 5.74) is 0. The van der Waals surface area contributed by atoms with Crippen LogP contribution < -0.4 is 0 Å². The topological polar surface area (TPSA) is 47.6 Å². The Bertz CT molecular complexity index is 980. The van der Waals surface area contributed by atoms with Crippen molar-refractivity contribution >= 4 is 13.2 Å². The summed E-state index contributed by atoms with van der Waals surface area (Å²) in [4.78, 5) is 0. The van der Waals surface area contributed by atoms with Gasteiger partial charge in [-0.2, -0.15) is 0 Å². The molecule has 0 aromatic heterocycles. The minimum absolute atomic E-state index is 1.29. The Morgan fingerprint density at radius 1 is 0.171 bits per heavy atom. The third kappa shape index (κ3) is 39.3. The van der Waals surface area contributed by atoms with Crippen LogP contribution in [0.5, 0.6) is 0 Å². The second-order valence-corrected chi connectivity index (χ2v) is 36.0. The summed E-state index contributed by atoms with van der Waals surface area (Å²) in [6.45, 7) is 14.0. The van der Waals surface area contributed by atoms with Gasteiger partial charge in [-0.15, -0.1) is 0 Å². The van der Waals surface area contributed by atoms with Gasteiger partial charge >= 0.3 is 422 Å². The first-order valence-electron chi connectivity index (χ1n) is 33.1. The van der Waals surface area contributed by atoms with Crippen molar-refractivity contribution in [3.05, 3.63) is 0 Å². The number of unbranched alkanes of at least 4 members (excludes halogenated alkanes) is 40. The molecule has 0 heterocycles. The summed E-state index contributed by atoms with van der Waals surface area (Å²) < 4.78 is 0. The molecule has 4 heteroatoms. The van der Waals surface area contributed by atoms with Gasteiger partial charge in [0.1, 0.15) is 0 Å². The normalized spacial score (nSPS) is 12.9. The van der Waals surface area contributed by atoms with Crippen molar-refractivity contribution in [1.29, 1.82) is 10.5 Å². The summed E-state index contributed by atoms with van der Waals surface area (Å²) >= 11 is 0. The van der Waals surface area contributed by atoms with Crippen molar-refractivity contribution < 1.29 is 0 Å². The molecule has 0 saturated heterocycles. The number of hydrogen-bond donors (Lipinski definition) is 0. The Hall–Kier alpha value is -0.160. The zero-order chi connectivity index (χ0) is 51.9. The van der Waals surface area contributed by atoms with Gasteiger partial charge in [-0.05, 0) is 0 Å². The van der Waals surface area contributed by atoms with Crippen molar-refractivity contribution in [2.75, 3.05) is 49.3 Å². The Labute approximate surface area is 446 Å². The van der Waals surface area contributed by atoms with E-state index in [-0.39, 0.29) is 0 Å². The van der Waals surface area contributed by atoms with Crippen molar-refractivity contribution in [3.63, 3.8) is 0 Å². The number of rotatable bonds is 56. The molecular weight excluding hydrogens is 883 g/mol. The predicted molar refractivity (Wildman–Crippen MR) is 331 cm³/mol. The first kappa shape index (κ1) is 71.9. The van der Waals surface area contributed by atoms with Crippen molar-refractivity contribution in [1.82, 2.24) is 0 Å². The number of nitriles is 2. The quantitative estimate of drug-likeness (QED) is 0.0450. The second-order valence-electron chi connectivity index (χ2n) is 24.1. The summed E-state index contributed by atoms with van der Waals surface area (Å²) in [7, 11) is 0. The fourth-order valence-electron chi connectivity index (χ4n) is 12.2. The van der Waals surface area contributed by atoms with E-state index in [1.54, 1.807) is 0 Å². The zero-order valence-corrected chi connectivity index (χ0v) is 52.2. The Balaban J connectivity index is 0. The molecule has 0 aliphatic heterocycles. The van der Waals surface area contributed by atoms with Crippen molar-refractivity contribution in [2.24, 2.45) is 0 Å². The molecule has 2 nitrogen and oxygen atoms in total. The van der Waals surface area contributed by atoms with Crippen molar-refractivity contribution in [3.8, 4) is 11.6 Å². The van der Waals surface area contributed by atoms with E-state index in [0.29, 0.717) is 0 Å². The molecule has 0 spiro atoms. The summed E-state index contributed by atoms with van der Waals surface area (Å²) in [5.74, 6) is 6.46. The SMILES string of the molecule is CCCCCCCCCCCCCCP(C#N)(CCCCCC)(CCCCCC)CCCCCC.CCCCCCCCCCCCCCP(C#N)(CCCCCC)(CCCCCC)CCCCCC. The van der Waals surface area contributed by atoms with Crippen molar-refractivity contribution in [2.45, 2.75) is 364 Å². The average molecular weight is 1020 g/mol. The molecule has 0 radical (unpaired) electrons. The van der Waals surface area contributed by atoms with Gasteiger partial charge in [-0.3, -0.25) is 0 Å². The predicted octanol–water partition coefficient (Wildman–Crippen LogP) is 24.9. The zero-order valence-electron chi connectivity index (χ0n) is 50.4. The molecule has 0 aromatic carbocycles. The van der Waals surface area contributed by atoms with Crippen LogP contribution in [0.4, 0.5) is 0 Å². The number of hydrogen-bond acceptors (Lipinski definition) is 2. The molecule has 0 aliphatic rings. The standard InChI is InChI=1S/2C33H68NP/c2*1-5-9-13-17-18-19-20-21-22-23-24-28-32-35(33-34,29-25-14-10-6-2,30-26-15-11-7-3)31-27-16-12-8-4/h2*5-32H2,1-4H3. The molecule has 0 saturated carbocycles. The molecule has 0 fully saturated rings. The summed E-state index contributed by atoms with van der Waals surface area (Å²) in [6, 6.07) is 0. The average Bonchev–Trinajstić information content (AvgIpc) is 3.38. The molecule has 0 rings (SSSR count). The molecular formula is C66H136N2P2. The molecule has 70 heavy (non-hydrogen) atoms. The van der Waals surface area contributed by atoms with Gasteiger partial charge in [-0.25, -0.2) is 0 Å². The van der Waals surface area contributed by atoms with E-state index < -0.39 is 13.2 Å². The molecule has 0 amide bonds. The van der Waals surface area contributed by atoms with Crippen LogP contribution in [-0.2, 0) is 0 Å². The van der Waals surface area contributed by atoms with Gasteiger partial charge in [0, 0.05) is 0 Å². The third-order valence-corrected chi connectivity index (χ3v) is 30.4. The van der Waals surface area contributed by atoms with E-state index >= 15 is 0 Å². The van der Waals surface area contributed by atoms with Gasteiger partial charge < -0.3 is 0 Å². The maximum absolute atomic E-state index is 10.9. The van der Waals surface area contributed by atoms with Crippen LogP contribution >= 0.6 is 13.2 Å². The van der Waals surface area contributed by atoms with E-state index in [1.807, 2.05) is 0 Å².